The summed E-state index contributed by atoms with van der Waals surface area (Å²) in [6.07, 6.45) is 6.46. The molecule has 1 aromatic heterocycles. The minimum atomic E-state index is -0.220. The number of carbonyl (C=O) groups excluding carboxylic acids is 1. The molecule has 1 amide bonds. The summed E-state index contributed by atoms with van der Waals surface area (Å²) in [5.41, 5.74) is 1.54. The fourth-order valence-corrected chi connectivity index (χ4v) is 1.70. The molecule has 0 atom stereocenters. The topological polar surface area (TPSA) is 65.4 Å². The summed E-state index contributed by atoms with van der Waals surface area (Å²) < 4.78 is 11.6. The number of anilines is 1. The molecule has 2 aromatic rings. The van der Waals surface area contributed by atoms with E-state index in [1.165, 1.54) is 6.08 Å². The first-order valence-corrected chi connectivity index (χ1v) is 6.36. The summed E-state index contributed by atoms with van der Waals surface area (Å²) in [6.45, 7) is 0.345. The summed E-state index contributed by atoms with van der Waals surface area (Å²) in [7, 11) is 3.19. The van der Waals surface area contributed by atoms with E-state index in [0.717, 1.165) is 11.3 Å². The van der Waals surface area contributed by atoms with Crippen LogP contribution >= 0.6 is 0 Å². The van der Waals surface area contributed by atoms with Crippen molar-refractivity contribution in [1.29, 1.82) is 0 Å². The van der Waals surface area contributed by atoms with E-state index in [2.05, 4.69) is 10.4 Å². The normalized spacial score (nSPS) is 10.8. The zero-order valence-corrected chi connectivity index (χ0v) is 11.9. The molecule has 0 radical (unpaired) electrons. The number of rotatable bonds is 6. The van der Waals surface area contributed by atoms with Crippen molar-refractivity contribution in [3.05, 3.63) is 48.3 Å². The maximum absolute atomic E-state index is 11.8. The van der Waals surface area contributed by atoms with Gasteiger partial charge in [0.05, 0.1) is 25.2 Å². The lowest BCUT2D eigenvalue weighted by atomic mass is 10.2. The summed E-state index contributed by atoms with van der Waals surface area (Å²) in [5, 5.41) is 6.76. The van der Waals surface area contributed by atoms with Crippen LogP contribution in [0.1, 0.15) is 5.56 Å². The van der Waals surface area contributed by atoms with Crippen molar-refractivity contribution in [3.63, 3.8) is 0 Å². The second-order valence-electron chi connectivity index (χ2n) is 4.28. The largest absolute Gasteiger partial charge is 0.497 e. The van der Waals surface area contributed by atoms with E-state index in [1.54, 1.807) is 37.4 Å². The Morgan fingerprint density at radius 1 is 1.33 bits per heavy atom. The Balaban J connectivity index is 1.91. The van der Waals surface area contributed by atoms with Gasteiger partial charge in [-0.05, 0) is 23.8 Å². The van der Waals surface area contributed by atoms with Gasteiger partial charge in [-0.25, -0.2) is 4.68 Å². The molecule has 6 nitrogen and oxygen atoms in total. The van der Waals surface area contributed by atoms with Crippen LogP contribution < -0.4 is 10.1 Å². The molecule has 0 spiro atoms. The van der Waals surface area contributed by atoms with E-state index < -0.39 is 0 Å². The van der Waals surface area contributed by atoms with Crippen molar-refractivity contribution < 1.29 is 14.3 Å². The third-order valence-corrected chi connectivity index (χ3v) is 2.71. The summed E-state index contributed by atoms with van der Waals surface area (Å²) in [5.74, 6) is 0.560. The standard InChI is InChI=1S/C15H17N3O3/c1-20-11-18-10-13(9-16-18)17-15(19)8-5-12-3-6-14(21-2)7-4-12/h3-10H,11H2,1-2H3,(H,17,19)/b8-5+. The molecular formula is C15H17N3O3. The number of nitrogens with zero attached hydrogens (tertiary/aromatic N) is 2. The van der Waals surface area contributed by atoms with E-state index in [9.17, 15) is 4.79 Å². The summed E-state index contributed by atoms with van der Waals surface area (Å²) in [4.78, 5) is 11.8. The highest BCUT2D eigenvalue weighted by molar-refractivity contribution is 6.01. The molecule has 1 N–H and O–H groups in total. The lowest BCUT2D eigenvalue weighted by molar-refractivity contribution is -0.111. The van der Waals surface area contributed by atoms with Crippen molar-refractivity contribution in [1.82, 2.24) is 9.78 Å². The fourth-order valence-electron chi connectivity index (χ4n) is 1.70. The molecule has 0 aliphatic carbocycles. The quantitative estimate of drug-likeness (QED) is 0.827. The molecule has 6 heteroatoms. The predicted molar refractivity (Wildman–Crippen MR) is 79.9 cm³/mol. The highest BCUT2D eigenvalue weighted by atomic mass is 16.5. The maximum Gasteiger partial charge on any atom is 0.248 e. The van der Waals surface area contributed by atoms with Crippen molar-refractivity contribution in [3.8, 4) is 5.75 Å². The highest BCUT2D eigenvalue weighted by Crippen LogP contribution is 2.12. The van der Waals surface area contributed by atoms with Gasteiger partial charge in [-0.1, -0.05) is 12.1 Å². The smallest absolute Gasteiger partial charge is 0.248 e. The number of benzene rings is 1. The van der Waals surface area contributed by atoms with Gasteiger partial charge in [-0.3, -0.25) is 4.79 Å². The summed E-state index contributed by atoms with van der Waals surface area (Å²) >= 11 is 0. The molecular weight excluding hydrogens is 270 g/mol. The van der Waals surface area contributed by atoms with Crippen molar-refractivity contribution >= 4 is 17.7 Å². The number of ether oxygens (including phenoxy) is 2. The van der Waals surface area contributed by atoms with Gasteiger partial charge < -0.3 is 14.8 Å². The molecule has 0 unspecified atom stereocenters. The second kappa shape index (κ2) is 7.25. The van der Waals surface area contributed by atoms with Crippen LogP contribution in [-0.2, 0) is 16.3 Å². The van der Waals surface area contributed by atoms with Gasteiger partial charge in [0.2, 0.25) is 5.91 Å². The number of carbonyl (C=O) groups is 1. The van der Waals surface area contributed by atoms with E-state index in [-0.39, 0.29) is 5.91 Å². The SMILES string of the molecule is COCn1cc(NC(=O)/C=C/c2ccc(OC)cc2)cn1. The Morgan fingerprint density at radius 2 is 2.10 bits per heavy atom. The first-order valence-electron chi connectivity index (χ1n) is 6.36. The monoisotopic (exact) mass is 287 g/mol. The average molecular weight is 287 g/mol. The van der Waals surface area contributed by atoms with Gasteiger partial charge in [0, 0.05) is 13.2 Å². The van der Waals surface area contributed by atoms with Gasteiger partial charge in [0.25, 0.3) is 0 Å². The van der Waals surface area contributed by atoms with Crippen LogP contribution in [-0.4, -0.2) is 29.9 Å². The van der Waals surface area contributed by atoms with Crippen LogP contribution in [0.4, 0.5) is 5.69 Å². The van der Waals surface area contributed by atoms with Gasteiger partial charge in [-0.2, -0.15) is 5.10 Å². The minimum absolute atomic E-state index is 0.220. The molecule has 1 heterocycles. The number of amides is 1. The van der Waals surface area contributed by atoms with E-state index in [4.69, 9.17) is 9.47 Å². The van der Waals surface area contributed by atoms with Crippen molar-refractivity contribution in [2.75, 3.05) is 19.5 Å². The Hall–Kier alpha value is -2.60. The van der Waals surface area contributed by atoms with E-state index >= 15 is 0 Å². The van der Waals surface area contributed by atoms with Gasteiger partial charge in [0.15, 0.2) is 0 Å². The van der Waals surface area contributed by atoms with Gasteiger partial charge in [-0.15, -0.1) is 0 Å². The third kappa shape index (κ3) is 4.47. The van der Waals surface area contributed by atoms with Crippen LogP contribution in [0.5, 0.6) is 5.75 Å². The molecule has 110 valence electrons. The number of hydrogen-bond donors (Lipinski definition) is 1. The molecule has 0 saturated carbocycles. The zero-order chi connectivity index (χ0) is 15.1. The molecule has 21 heavy (non-hydrogen) atoms. The third-order valence-electron chi connectivity index (χ3n) is 2.71. The molecule has 0 saturated heterocycles. The molecule has 0 aliphatic heterocycles. The van der Waals surface area contributed by atoms with Crippen molar-refractivity contribution in [2.24, 2.45) is 0 Å². The molecule has 0 aliphatic rings. The Morgan fingerprint density at radius 3 is 2.76 bits per heavy atom. The predicted octanol–water partition coefficient (Wildman–Crippen LogP) is 2.15. The lowest BCUT2D eigenvalue weighted by Crippen LogP contribution is -2.07. The molecule has 1 aromatic carbocycles. The second-order valence-corrected chi connectivity index (χ2v) is 4.28. The Labute approximate surface area is 123 Å². The first-order chi connectivity index (χ1) is 10.2. The van der Waals surface area contributed by atoms with Crippen LogP contribution in [0.25, 0.3) is 6.08 Å². The van der Waals surface area contributed by atoms with Crippen molar-refractivity contribution in [2.45, 2.75) is 6.73 Å². The van der Waals surface area contributed by atoms with Crippen LogP contribution in [0.3, 0.4) is 0 Å². The van der Waals surface area contributed by atoms with Crippen LogP contribution in [0, 0.1) is 0 Å². The molecule has 0 fully saturated rings. The summed E-state index contributed by atoms with van der Waals surface area (Å²) in [6, 6.07) is 7.43. The zero-order valence-electron chi connectivity index (χ0n) is 11.9. The number of methoxy groups -OCH3 is 2. The molecule has 0 bridgehead atoms. The number of aromatic nitrogens is 2. The van der Waals surface area contributed by atoms with Gasteiger partial charge in [0.1, 0.15) is 12.5 Å². The Kier molecular flexibility index (Phi) is 5.11. The average Bonchev–Trinajstić information content (AvgIpc) is 2.93. The highest BCUT2D eigenvalue weighted by Gasteiger charge is 2.01. The van der Waals surface area contributed by atoms with E-state index in [0.29, 0.717) is 12.4 Å². The van der Waals surface area contributed by atoms with Crippen LogP contribution in [0.15, 0.2) is 42.7 Å². The number of nitrogens with one attached hydrogen (secondary N) is 1. The molecule has 2 rings (SSSR count). The first kappa shape index (κ1) is 14.8. The van der Waals surface area contributed by atoms with Gasteiger partial charge >= 0.3 is 0 Å². The number of hydrogen-bond acceptors (Lipinski definition) is 4. The maximum atomic E-state index is 11.8. The minimum Gasteiger partial charge on any atom is -0.497 e. The Bertz CT molecular complexity index is 617. The lowest BCUT2D eigenvalue weighted by Gasteiger charge is -2.00. The fraction of sp³-hybridized carbons (Fsp3) is 0.200. The van der Waals surface area contributed by atoms with Crippen LogP contribution in [0.2, 0.25) is 0 Å². The van der Waals surface area contributed by atoms with E-state index in [1.807, 2.05) is 24.3 Å².